The second kappa shape index (κ2) is 13.3. The molecule has 226 valence electrons. The van der Waals surface area contributed by atoms with Gasteiger partial charge in [-0.2, -0.15) is 18.2 Å². The predicted molar refractivity (Wildman–Crippen MR) is 160 cm³/mol. The summed E-state index contributed by atoms with van der Waals surface area (Å²) in [4.78, 5) is 38.7. The minimum Gasteiger partial charge on any atom is -0.495 e. The SMILES string of the molecule is C=CC=O.CNc1cccc(-n2c(=O)c(C(F)(F)F)nc3cnc(Nc4ccc(N5CCN(C)CC5)c(OC)c4)nc32)c1. The number of aldehydes is 1. The zero-order valence-corrected chi connectivity index (χ0v) is 23.9. The summed E-state index contributed by atoms with van der Waals surface area (Å²) in [5.41, 5.74) is -0.743. The van der Waals surface area contributed by atoms with Gasteiger partial charge in [-0.3, -0.25) is 14.2 Å². The summed E-state index contributed by atoms with van der Waals surface area (Å²) in [6.07, 6.45) is -1.96. The Hall–Kier alpha value is -4.98. The highest BCUT2D eigenvalue weighted by Crippen LogP contribution is 2.33. The van der Waals surface area contributed by atoms with Crippen LogP contribution in [0.3, 0.4) is 0 Å². The van der Waals surface area contributed by atoms with Crippen molar-refractivity contribution in [3.63, 3.8) is 0 Å². The first-order valence-corrected chi connectivity index (χ1v) is 13.2. The van der Waals surface area contributed by atoms with Crippen LogP contribution in [0.2, 0.25) is 0 Å². The first kappa shape index (κ1) is 31.0. The van der Waals surface area contributed by atoms with E-state index in [0.717, 1.165) is 42.6 Å². The first-order chi connectivity index (χ1) is 20.6. The van der Waals surface area contributed by atoms with E-state index in [-0.39, 0.29) is 22.8 Å². The van der Waals surface area contributed by atoms with Crippen molar-refractivity contribution in [2.75, 3.05) is 62.9 Å². The Bertz CT molecular complexity index is 1660. The highest BCUT2D eigenvalue weighted by atomic mass is 19.4. The van der Waals surface area contributed by atoms with Gasteiger partial charge in [0.15, 0.2) is 5.65 Å². The summed E-state index contributed by atoms with van der Waals surface area (Å²) in [7, 11) is 5.34. The van der Waals surface area contributed by atoms with Crippen LogP contribution in [0.5, 0.6) is 5.75 Å². The molecule has 14 heteroatoms. The summed E-state index contributed by atoms with van der Waals surface area (Å²) >= 11 is 0. The molecule has 1 aliphatic rings. The molecule has 0 aliphatic carbocycles. The van der Waals surface area contributed by atoms with Crippen LogP contribution in [0.25, 0.3) is 16.9 Å². The number of alkyl halides is 3. The maximum absolute atomic E-state index is 13.7. The van der Waals surface area contributed by atoms with Crippen molar-refractivity contribution in [3.05, 3.63) is 77.4 Å². The maximum atomic E-state index is 13.7. The van der Waals surface area contributed by atoms with Crippen LogP contribution in [0.4, 0.5) is 36.2 Å². The molecule has 0 bridgehead atoms. The summed E-state index contributed by atoms with van der Waals surface area (Å²) < 4.78 is 47.6. The number of likely N-dealkylation sites (N-methyl/N-ethyl adjacent to an activating group) is 1. The molecule has 0 unspecified atom stereocenters. The number of piperazine rings is 1. The number of rotatable bonds is 7. The van der Waals surface area contributed by atoms with Crippen LogP contribution in [-0.2, 0) is 11.0 Å². The largest absolute Gasteiger partial charge is 0.495 e. The quantitative estimate of drug-likeness (QED) is 0.238. The summed E-state index contributed by atoms with van der Waals surface area (Å²) in [5, 5.41) is 5.99. The number of hydrogen-bond acceptors (Lipinski definition) is 10. The van der Waals surface area contributed by atoms with Crippen LogP contribution >= 0.6 is 0 Å². The molecule has 0 atom stereocenters. The Morgan fingerprint density at radius 3 is 2.40 bits per heavy atom. The minimum absolute atomic E-state index is 0.0697. The molecule has 0 spiro atoms. The molecular formula is C29H31F3N8O3. The van der Waals surface area contributed by atoms with E-state index in [9.17, 15) is 18.0 Å². The summed E-state index contributed by atoms with van der Waals surface area (Å²) in [6, 6.07) is 12.0. The van der Waals surface area contributed by atoms with Crippen LogP contribution in [-0.4, -0.2) is 78.1 Å². The zero-order valence-electron chi connectivity index (χ0n) is 23.9. The number of carbonyl (C=O) groups is 1. The number of allylic oxidation sites excluding steroid dienone is 1. The number of ether oxygens (including phenoxy) is 1. The van der Waals surface area contributed by atoms with Gasteiger partial charge < -0.3 is 25.2 Å². The number of nitrogens with one attached hydrogen (secondary N) is 2. The van der Waals surface area contributed by atoms with E-state index in [1.807, 2.05) is 12.1 Å². The van der Waals surface area contributed by atoms with E-state index in [0.29, 0.717) is 23.4 Å². The Balaban J connectivity index is 0.000000996. The molecule has 1 saturated heterocycles. The third-order valence-electron chi connectivity index (χ3n) is 6.64. The highest BCUT2D eigenvalue weighted by molar-refractivity contribution is 5.75. The molecule has 0 saturated carbocycles. The van der Waals surface area contributed by atoms with Gasteiger partial charge in [0.1, 0.15) is 17.6 Å². The van der Waals surface area contributed by atoms with Gasteiger partial charge in [0.25, 0.3) is 5.56 Å². The Morgan fingerprint density at radius 2 is 1.77 bits per heavy atom. The summed E-state index contributed by atoms with van der Waals surface area (Å²) in [6.45, 7) is 6.73. The molecule has 3 heterocycles. The number of halogens is 3. The van der Waals surface area contributed by atoms with E-state index < -0.39 is 17.4 Å². The number of aromatic nitrogens is 4. The second-order valence-electron chi connectivity index (χ2n) is 9.48. The summed E-state index contributed by atoms with van der Waals surface area (Å²) in [5.74, 6) is 0.735. The van der Waals surface area contributed by atoms with Crippen LogP contribution < -0.4 is 25.8 Å². The average molecular weight is 597 g/mol. The van der Waals surface area contributed by atoms with E-state index in [1.54, 1.807) is 38.4 Å². The number of nitrogens with zero attached hydrogens (tertiary/aromatic N) is 6. The van der Waals surface area contributed by atoms with Crippen LogP contribution in [0.15, 0.2) is 66.1 Å². The van der Waals surface area contributed by atoms with Gasteiger partial charge in [0.05, 0.1) is 24.7 Å². The molecule has 1 fully saturated rings. The number of fused-ring (bicyclic) bond motifs is 1. The lowest BCUT2D eigenvalue weighted by Gasteiger charge is -2.34. The van der Waals surface area contributed by atoms with Gasteiger partial charge in [-0.1, -0.05) is 12.6 Å². The Kier molecular flexibility index (Phi) is 9.60. The van der Waals surface area contributed by atoms with Gasteiger partial charge in [0, 0.05) is 50.7 Å². The van der Waals surface area contributed by atoms with Gasteiger partial charge in [0.2, 0.25) is 11.6 Å². The van der Waals surface area contributed by atoms with Gasteiger partial charge in [-0.25, -0.2) is 9.97 Å². The van der Waals surface area contributed by atoms with Crippen molar-refractivity contribution in [1.82, 2.24) is 24.4 Å². The molecule has 0 radical (unpaired) electrons. The molecule has 11 nitrogen and oxygen atoms in total. The minimum atomic E-state index is -4.95. The van der Waals surface area contributed by atoms with Crippen molar-refractivity contribution in [1.29, 1.82) is 0 Å². The second-order valence-corrected chi connectivity index (χ2v) is 9.48. The number of benzene rings is 2. The molecule has 2 aromatic heterocycles. The fraction of sp³-hybridized carbons (Fsp3) is 0.276. The average Bonchev–Trinajstić information content (AvgIpc) is 3.00. The molecule has 43 heavy (non-hydrogen) atoms. The van der Waals surface area contributed by atoms with E-state index in [2.05, 4.69) is 49.0 Å². The number of hydrogen-bond donors (Lipinski definition) is 2. The van der Waals surface area contributed by atoms with E-state index in [4.69, 9.17) is 9.53 Å². The van der Waals surface area contributed by atoms with Gasteiger partial charge in [-0.05, 0) is 43.5 Å². The number of carbonyl (C=O) groups excluding carboxylic acids is 1. The lowest BCUT2D eigenvalue weighted by molar-refractivity contribution is -0.142. The van der Waals surface area contributed by atoms with Crippen molar-refractivity contribution >= 4 is 40.5 Å². The van der Waals surface area contributed by atoms with E-state index >= 15 is 0 Å². The lowest BCUT2D eigenvalue weighted by atomic mass is 10.2. The topological polar surface area (TPSA) is 118 Å². The maximum Gasteiger partial charge on any atom is 0.438 e. The molecule has 5 rings (SSSR count). The fourth-order valence-corrected chi connectivity index (χ4v) is 4.46. The molecule has 4 aromatic rings. The van der Waals surface area contributed by atoms with Crippen molar-refractivity contribution in [2.24, 2.45) is 0 Å². The first-order valence-electron chi connectivity index (χ1n) is 13.2. The highest BCUT2D eigenvalue weighted by Gasteiger charge is 2.38. The van der Waals surface area contributed by atoms with Crippen molar-refractivity contribution in [3.8, 4) is 11.4 Å². The smallest absolute Gasteiger partial charge is 0.438 e. The Morgan fingerprint density at radius 1 is 1.05 bits per heavy atom. The van der Waals surface area contributed by atoms with Gasteiger partial charge >= 0.3 is 6.18 Å². The fourth-order valence-electron chi connectivity index (χ4n) is 4.46. The molecule has 0 amide bonds. The Labute approximate surface area is 245 Å². The lowest BCUT2D eigenvalue weighted by Crippen LogP contribution is -2.44. The van der Waals surface area contributed by atoms with Crippen molar-refractivity contribution in [2.45, 2.75) is 6.18 Å². The van der Waals surface area contributed by atoms with E-state index in [1.165, 1.54) is 12.1 Å². The van der Waals surface area contributed by atoms with Gasteiger partial charge in [-0.15, -0.1) is 0 Å². The third kappa shape index (κ3) is 7.09. The predicted octanol–water partition coefficient (Wildman–Crippen LogP) is 4.11. The molecule has 1 aliphatic heterocycles. The molecular weight excluding hydrogens is 565 g/mol. The normalized spacial score (nSPS) is 13.6. The molecule has 2 N–H and O–H groups in total. The standard InChI is InChI=1S/C26H27F3N8O2.C3H4O/c1-30-16-5-4-6-18(13-16)37-23-19(33-22(24(37)38)26(27,28)29)15-31-25(34-23)32-17-7-8-20(21(14-17)39-3)36-11-9-35(2)10-12-36;1-2-3-4/h4-8,13-15,30H,9-12H2,1-3H3,(H,31,32,34);2-3H,1H2. The third-order valence-corrected chi connectivity index (χ3v) is 6.64. The van der Waals surface area contributed by atoms with Crippen molar-refractivity contribution < 1.29 is 22.7 Å². The van der Waals surface area contributed by atoms with Crippen LogP contribution in [0, 0.1) is 0 Å². The zero-order chi connectivity index (χ0) is 31.1. The number of anilines is 4. The van der Waals surface area contributed by atoms with Crippen LogP contribution in [0.1, 0.15) is 5.69 Å². The number of methoxy groups -OCH3 is 1. The molecule has 2 aromatic carbocycles. The monoisotopic (exact) mass is 596 g/mol.